The molecule has 0 aromatic heterocycles. The molecule has 8 nitrogen and oxygen atoms in total. The van der Waals surface area contributed by atoms with E-state index in [9.17, 15) is 22.4 Å². The van der Waals surface area contributed by atoms with Crippen molar-refractivity contribution in [2.75, 3.05) is 31.5 Å². The minimum atomic E-state index is -4.03. The van der Waals surface area contributed by atoms with E-state index in [2.05, 4.69) is 5.32 Å². The average molecular weight is 507 g/mol. The number of carbonyl (C=O) groups is 2. The number of hydrogen-bond donors (Lipinski definition) is 1. The highest BCUT2D eigenvalue weighted by atomic mass is 32.2. The number of benzene rings is 2. The molecule has 192 valence electrons. The SMILES string of the molecule is CCNC(=O)[C@@H](CC)N(Cc1ccc(F)cc1)C(=O)CN(c1cc(C)ccc1C)S(=O)(=O)N(C)C. The van der Waals surface area contributed by atoms with Gasteiger partial charge in [-0.1, -0.05) is 31.2 Å². The van der Waals surface area contributed by atoms with E-state index in [0.717, 1.165) is 14.2 Å². The third-order valence-electron chi connectivity index (χ3n) is 5.66. The summed E-state index contributed by atoms with van der Waals surface area (Å²) in [5.74, 6) is -1.29. The van der Waals surface area contributed by atoms with Crippen LogP contribution >= 0.6 is 0 Å². The molecule has 2 aromatic rings. The van der Waals surface area contributed by atoms with Gasteiger partial charge in [0.2, 0.25) is 11.8 Å². The fraction of sp³-hybridized carbons (Fsp3) is 0.440. The van der Waals surface area contributed by atoms with Gasteiger partial charge >= 0.3 is 10.2 Å². The molecular weight excluding hydrogens is 471 g/mol. The second kappa shape index (κ2) is 12.1. The maximum absolute atomic E-state index is 13.7. The highest BCUT2D eigenvalue weighted by molar-refractivity contribution is 7.90. The van der Waals surface area contributed by atoms with Gasteiger partial charge in [0.05, 0.1) is 5.69 Å². The molecule has 2 rings (SSSR count). The van der Waals surface area contributed by atoms with Gasteiger partial charge in [-0.05, 0) is 62.1 Å². The predicted octanol–water partition coefficient (Wildman–Crippen LogP) is 3.00. The van der Waals surface area contributed by atoms with Crippen molar-refractivity contribution in [2.45, 2.75) is 46.7 Å². The van der Waals surface area contributed by atoms with Gasteiger partial charge < -0.3 is 10.2 Å². The van der Waals surface area contributed by atoms with Gasteiger partial charge in [0.25, 0.3) is 0 Å². The van der Waals surface area contributed by atoms with Crippen LogP contribution in [0.1, 0.15) is 37.0 Å². The summed E-state index contributed by atoms with van der Waals surface area (Å²) in [6.45, 7) is 7.09. The maximum atomic E-state index is 13.7. The standard InChI is InChI=1S/C25H35FN4O4S/c1-7-22(25(32)27-8-2)29(16-20-11-13-21(26)14-12-20)24(31)17-30(35(33,34)28(5)6)23-15-18(3)9-10-19(23)4/h9-15,22H,7-8,16-17H2,1-6H3,(H,27,32)/t22-/m1/s1. The summed E-state index contributed by atoms with van der Waals surface area (Å²) < 4.78 is 42.1. The van der Waals surface area contributed by atoms with Crippen LogP contribution in [-0.4, -0.2) is 62.7 Å². The molecule has 0 aliphatic rings. The highest BCUT2D eigenvalue weighted by Gasteiger charge is 2.34. The van der Waals surface area contributed by atoms with E-state index in [-0.39, 0.29) is 12.5 Å². The lowest BCUT2D eigenvalue weighted by atomic mass is 10.1. The summed E-state index contributed by atoms with van der Waals surface area (Å²) >= 11 is 0. The van der Waals surface area contributed by atoms with Crippen LogP contribution in [0.3, 0.4) is 0 Å². The molecule has 0 aliphatic heterocycles. The van der Waals surface area contributed by atoms with E-state index in [4.69, 9.17) is 0 Å². The van der Waals surface area contributed by atoms with Crippen LogP contribution in [-0.2, 0) is 26.3 Å². The smallest absolute Gasteiger partial charge is 0.304 e. The molecule has 35 heavy (non-hydrogen) atoms. The first-order valence-corrected chi connectivity index (χ1v) is 12.9. The zero-order chi connectivity index (χ0) is 26.3. The lowest BCUT2D eigenvalue weighted by Gasteiger charge is -2.34. The zero-order valence-corrected chi connectivity index (χ0v) is 22.0. The lowest BCUT2D eigenvalue weighted by Crippen LogP contribution is -2.53. The number of rotatable bonds is 11. The van der Waals surface area contributed by atoms with Crippen molar-refractivity contribution in [3.05, 3.63) is 65.0 Å². The lowest BCUT2D eigenvalue weighted by molar-refractivity contribution is -0.140. The van der Waals surface area contributed by atoms with Crippen LogP contribution in [0, 0.1) is 19.7 Å². The zero-order valence-electron chi connectivity index (χ0n) is 21.2. The molecule has 0 bridgehead atoms. The minimum absolute atomic E-state index is 0.0252. The normalized spacial score (nSPS) is 12.3. The molecule has 1 atom stereocenters. The molecule has 0 fully saturated rings. The minimum Gasteiger partial charge on any atom is -0.355 e. The monoisotopic (exact) mass is 506 g/mol. The second-order valence-electron chi connectivity index (χ2n) is 8.55. The van der Waals surface area contributed by atoms with Gasteiger partial charge in [0.15, 0.2) is 0 Å². The van der Waals surface area contributed by atoms with E-state index >= 15 is 0 Å². The van der Waals surface area contributed by atoms with Crippen molar-refractivity contribution in [3.8, 4) is 0 Å². The van der Waals surface area contributed by atoms with Gasteiger partial charge in [0, 0.05) is 27.2 Å². The molecule has 0 spiro atoms. The fourth-order valence-electron chi connectivity index (χ4n) is 3.69. The number of nitrogens with zero attached hydrogens (tertiary/aromatic N) is 3. The Labute approximate surface area is 207 Å². The van der Waals surface area contributed by atoms with Gasteiger partial charge in [-0.3, -0.25) is 9.59 Å². The number of carbonyl (C=O) groups excluding carboxylic acids is 2. The summed E-state index contributed by atoms with van der Waals surface area (Å²) in [5.41, 5.74) is 2.54. The fourth-order valence-corrected chi connectivity index (χ4v) is 4.80. The Bertz CT molecular complexity index is 1140. The number of aryl methyl sites for hydroxylation is 2. The molecule has 0 saturated heterocycles. The van der Waals surface area contributed by atoms with Crippen molar-refractivity contribution >= 4 is 27.7 Å². The molecule has 2 amide bonds. The molecule has 0 heterocycles. The van der Waals surface area contributed by atoms with Crippen molar-refractivity contribution in [1.29, 1.82) is 0 Å². The van der Waals surface area contributed by atoms with Crippen LogP contribution < -0.4 is 9.62 Å². The van der Waals surface area contributed by atoms with Crippen LogP contribution in [0.4, 0.5) is 10.1 Å². The Morgan fingerprint density at radius 3 is 2.20 bits per heavy atom. The Morgan fingerprint density at radius 2 is 1.66 bits per heavy atom. The largest absolute Gasteiger partial charge is 0.355 e. The third-order valence-corrected chi connectivity index (χ3v) is 7.46. The molecule has 10 heteroatoms. The molecule has 2 aromatic carbocycles. The Morgan fingerprint density at radius 1 is 1.03 bits per heavy atom. The topological polar surface area (TPSA) is 90.0 Å². The number of anilines is 1. The van der Waals surface area contributed by atoms with E-state index < -0.39 is 34.5 Å². The van der Waals surface area contributed by atoms with E-state index in [0.29, 0.717) is 29.8 Å². The number of hydrogen-bond acceptors (Lipinski definition) is 4. The van der Waals surface area contributed by atoms with Gasteiger partial charge in [-0.15, -0.1) is 0 Å². The van der Waals surface area contributed by atoms with Crippen LogP contribution in [0.15, 0.2) is 42.5 Å². The van der Waals surface area contributed by atoms with E-state index in [1.165, 1.54) is 31.1 Å². The molecule has 0 saturated carbocycles. The molecular formula is C25H35FN4O4S. The summed E-state index contributed by atoms with van der Waals surface area (Å²) in [6, 6.07) is 10.2. The van der Waals surface area contributed by atoms with Gasteiger partial charge in [0.1, 0.15) is 18.4 Å². The van der Waals surface area contributed by atoms with Crippen LogP contribution in [0.2, 0.25) is 0 Å². The van der Waals surface area contributed by atoms with Crippen molar-refractivity contribution < 1.29 is 22.4 Å². The first-order chi connectivity index (χ1) is 16.4. The average Bonchev–Trinajstić information content (AvgIpc) is 2.80. The Kier molecular flexibility index (Phi) is 9.79. The molecule has 1 N–H and O–H groups in total. The molecule has 0 unspecified atom stereocenters. The summed E-state index contributed by atoms with van der Waals surface area (Å²) in [6.07, 6.45) is 0.322. The van der Waals surface area contributed by atoms with Crippen molar-refractivity contribution in [3.63, 3.8) is 0 Å². The number of amides is 2. The van der Waals surface area contributed by atoms with Crippen LogP contribution in [0.5, 0.6) is 0 Å². The molecule has 0 aliphatic carbocycles. The van der Waals surface area contributed by atoms with Crippen molar-refractivity contribution in [1.82, 2.24) is 14.5 Å². The second-order valence-corrected chi connectivity index (χ2v) is 10.6. The Balaban J connectivity index is 2.54. The summed E-state index contributed by atoms with van der Waals surface area (Å²) in [5, 5.41) is 2.74. The predicted molar refractivity (Wildman–Crippen MR) is 136 cm³/mol. The first kappa shape index (κ1) is 28.3. The first-order valence-electron chi connectivity index (χ1n) is 11.5. The summed E-state index contributed by atoms with van der Waals surface area (Å²) in [7, 11) is -1.23. The molecule has 0 radical (unpaired) electrons. The highest BCUT2D eigenvalue weighted by Crippen LogP contribution is 2.26. The van der Waals surface area contributed by atoms with Gasteiger partial charge in [-0.25, -0.2) is 8.70 Å². The number of halogens is 1. The quantitative estimate of drug-likeness (QED) is 0.507. The summed E-state index contributed by atoms with van der Waals surface area (Å²) in [4.78, 5) is 27.9. The van der Waals surface area contributed by atoms with E-state index in [1.807, 2.05) is 13.0 Å². The Hall–Kier alpha value is -2.98. The van der Waals surface area contributed by atoms with E-state index in [1.54, 1.807) is 45.0 Å². The number of likely N-dealkylation sites (N-methyl/N-ethyl adjacent to an activating group) is 1. The van der Waals surface area contributed by atoms with Crippen molar-refractivity contribution in [2.24, 2.45) is 0 Å². The third kappa shape index (κ3) is 7.02. The number of nitrogens with one attached hydrogen (secondary N) is 1. The van der Waals surface area contributed by atoms with Crippen LogP contribution in [0.25, 0.3) is 0 Å². The maximum Gasteiger partial charge on any atom is 0.304 e. The van der Waals surface area contributed by atoms with Gasteiger partial charge in [-0.2, -0.15) is 12.7 Å².